The molecule has 1 N–H and O–H groups in total. The highest BCUT2D eigenvalue weighted by Crippen LogP contribution is 2.34. The van der Waals surface area contributed by atoms with Crippen molar-refractivity contribution in [2.75, 3.05) is 13.1 Å². The molecule has 1 unspecified atom stereocenters. The van der Waals surface area contributed by atoms with E-state index < -0.39 is 5.97 Å². The number of nitrogens with zero attached hydrogens (tertiary/aromatic N) is 1. The number of carboxylic acids is 1. The molecule has 1 aromatic carbocycles. The van der Waals surface area contributed by atoms with Gasteiger partial charge in [0.15, 0.2) is 0 Å². The molecule has 0 amide bonds. The van der Waals surface area contributed by atoms with E-state index in [9.17, 15) is 4.79 Å². The molecule has 1 saturated carbocycles. The van der Waals surface area contributed by atoms with E-state index in [1.807, 2.05) is 0 Å². The first kappa shape index (κ1) is 14.6. The van der Waals surface area contributed by atoms with E-state index in [0.29, 0.717) is 6.54 Å². The highest BCUT2D eigenvalue weighted by Gasteiger charge is 2.25. The van der Waals surface area contributed by atoms with E-state index in [4.69, 9.17) is 5.11 Å². The summed E-state index contributed by atoms with van der Waals surface area (Å²) < 4.78 is 0. The summed E-state index contributed by atoms with van der Waals surface area (Å²) in [6.07, 6.45) is 7.24. The predicted octanol–water partition coefficient (Wildman–Crippen LogP) is 3.64. The number of benzene rings is 1. The molecule has 0 bridgehead atoms. The van der Waals surface area contributed by atoms with Gasteiger partial charge in [-0.3, -0.25) is 9.69 Å². The molecule has 0 aromatic heterocycles. The lowest BCUT2D eigenvalue weighted by atomic mass is 9.95. The average molecular weight is 287 g/mol. The standard InChI is InChI=1S/C18H25NO2/c20-18(21)17-6-3-11-19(13-17)12-14-7-9-16(10-8-14)15-4-1-2-5-15/h7-10,15,17H,1-6,11-13H2,(H,20,21). The maximum atomic E-state index is 11.1. The normalized spacial score (nSPS) is 24.3. The van der Waals surface area contributed by atoms with Crippen LogP contribution in [0.2, 0.25) is 0 Å². The Kier molecular flexibility index (Phi) is 4.59. The number of likely N-dealkylation sites (tertiary alicyclic amines) is 1. The number of carbonyl (C=O) groups is 1. The summed E-state index contributed by atoms with van der Waals surface area (Å²) in [5.41, 5.74) is 2.79. The van der Waals surface area contributed by atoms with Gasteiger partial charge in [-0.1, -0.05) is 37.1 Å². The van der Waals surface area contributed by atoms with Gasteiger partial charge < -0.3 is 5.11 Å². The summed E-state index contributed by atoms with van der Waals surface area (Å²) in [4.78, 5) is 13.4. The maximum absolute atomic E-state index is 11.1. The van der Waals surface area contributed by atoms with E-state index >= 15 is 0 Å². The van der Waals surface area contributed by atoms with Gasteiger partial charge in [-0.15, -0.1) is 0 Å². The van der Waals surface area contributed by atoms with Crippen LogP contribution >= 0.6 is 0 Å². The Balaban J connectivity index is 1.58. The summed E-state index contributed by atoms with van der Waals surface area (Å²) in [5, 5.41) is 9.15. The Morgan fingerprint density at radius 1 is 1.10 bits per heavy atom. The smallest absolute Gasteiger partial charge is 0.307 e. The van der Waals surface area contributed by atoms with Crippen LogP contribution < -0.4 is 0 Å². The van der Waals surface area contributed by atoms with Crippen molar-refractivity contribution in [1.29, 1.82) is 0 Å². The first-order valence-electron chi connectivity index (χ1n) is 8.26. The Labute approximate surface area is 127 Å². The van der Waals surface area contributed by atoms with Crippen LogP contribution in [0, 0.1) is 5.92 Å². The van der Waals surface area contributed by atoms with Gasteiger partial charge in [-0.25, -0.2) is 0 Å². The number of hydrogen-bond donors (Lipinski definition) is 1. The lowest BCUT2D eigenvalue weighted by Crippen LogP contribution is -2.38. The van der Waals surface area contributed by atoms with Crippen molar-refractivity contribution in [3.63, 3.8) is 0 Å². The summed E-state index contributed by atoms with van der Waals surface area (Å²) >= 11 is 0. The molecule has 1 atom stereocenters. The summed E-state index contributed by atoms with van der Waals surface area (Å²) in [5.74, 6) is -0.0572. The fourth-order valence-electron chi connectivity index (χ4n) is 3.81. The van der Waals surface area contributed by atoms with Crippen LogP contribution in [0.4, 0.5) is 0 Å². The fraction of sp³-hybridized carbons (Fsp3) is 0.611. The molecule has 1 aromatic rings. The zero-order valence-electron chi connectivity index (χ0n) is 12.6. The van der Waals surface area contributed by atoms with Gasteiger partial charge >= 0.3 is 5.97 Å². The third-order valence-electron chi connectivity index (χ3n) is 5.07. The minimum Gasteiger partial charge on any atom is -0.481 e. The van der Waals surface area contributed by atoms with E-state index in [2.05, 4.69) is 29.2 Å². The van der Waals surface area contributed by atoms with E-state index in [-0.39, 0.29) is 5.92 Å². The van der Waals surface area contributed by atoms with E-state index in [0.717, 1.165) is 31.8 Å². The Morgan fingerprint density at radius 3 is 2.48 bits per heavy atom. The highest BCUT2D eigenvalue weighted by atomic mass is 16.4. The molecule has 2 aliphatic rings. The molecule has 1 saturated heterocycles. The van der Waals surface area contributed by atoms with Crippen LogP contribution in [0.3, 0.4) is 0 Å². The topological polar surface area (TPSA) is 40.5 Å². The van der Waals surface area contributed by atoms with Crippen molar-refractivity contribution in [2.24, 2.45) is 5.92 Å². The monoisotopic (exact) mass is 287 g/mol. The zero-order valence-corrected chi connectivity index (χ0v) is 12.6. The van der Waals surface area contributed by atoms with Crippen molar-refractivity contribution < 1.29 is 9.90 Å². The van der Waals surface area contributed by atoms with Gasteiger partial charge in [-0.05, 0) is 49.3 Å². The van der Waals surface area contributed by atoms with Gasteiger partial charge in [0, 0.05) is 13.1 Å². The number of aliphatic carboxylic acids is 1. The van der Waals surface area contributed by atoms with Gasteiger partial charge in [-0.2, -0.15) is 0 Å². The Bertz CT molecular complexity index is 476. The number of hydrogen-bond acceptors (Lipinski definition) is 2. The molecule has 1 heterocycles. The molecule has 2 fully saturated rings. The zero-order chi connectivity index (χ0) is 14.7. The maximum Gasteiger partial charge on any atom is 0.307 e. The first-order valence-corrected chi connectivity index (χ1v) is 8.26. The fourth-order valence-corrected chi connectivity index (χ4v) is 3.81. The van der Waals surface area contributed by atoms with Crippen molar-refractivity contribution in [3.05, 3.63) is 35.4 Å². The molecule has 114 valence electrons. The van der Waals surface area contributed by atoms with E-state index in [1.54, 1.807) is 0 Å². The summed E-state index contributed by atoms with van der Waals surface area (Å²) in [7, 11) is 0. The minimum atomic E-state index is -0.642. The number of piperidine rings is 1. The second kappa shape index (κ2) is 6.61. The van der Waals surface area contributed by atoms with Gasteiger partial charge in [0.2, 0.25) is 0 Å². The number of carboxylic acid groups (broad SMARTS) is 1. The van der Waals surface area contributed by atoms with Crippen molar-refractivity contribution in [1.82, 2.24) is 4.90 Å². The summed E-state index contributed by atoms with van der Waals surface area (Å²) in [6.45, 7) is 2.60. The average Bonchev–Trinajstić information content (AvgIpc) is 3.02. The molecule has 3 rings (SSSR count). The minimum absolute atomic E-state index is 0.184. The van der Waals surface area contributed by atoms with Crippen LogP contribution in [0.25, 0.3) is 0 Å². The molecule has 3 heteroatoms. The van der Waals surface area contributed by atoms with Crippen LogP contribution in [0.5, 0.6) is 0 Å². The second-order valence-electron chi connectivity index (χ2n) is 6.64. The molecule has 3 nitrogen and oxygen atoms in total. The largest absolute Gasteiger partial charge is 0.481 e. The van der Waals surface area contributed by atoms with Gasteiger partial charge in [0.25, 0.3) is 0 Å². The quantitative estimate of drug-likeness (QED) is 0.919. The first-order chi connectivity index (χ1) is 10.2. The van der Waals surface area contributed by atoms with Gasteiger partial charge in [0.05, 0.1) is 5.92 Å². The van der Waals surface area contributed by atoms with Crippen molar-refractivity contribution >= 4 is 5.97 Å². The van der Waals surface area contributed by atoms with Crippen LogP contribution in [-0.2, 0) is 11.3 Å². The lowest BCUT2D eigenvalue weighted by Gasteiger charge is -2.30. The van der Waals surface area contributed by atoms with Crippen molar-refractivity contribution in [2.45, 2.75) is 51.0 Å². The van der Waals surface area contributed by atoms with Crippen LogP contribution in [-0.4, -0.2) is 29.1 Å². The third-order valence-corrected chi connectivity index (χ3v) is 5.07. The third kappa shape index (κ3) is 3.65. The molecule has 0 radical (unpaired) electrons. The van der Waals surface area contributed by atoms with Crippen molar-refractivity contribution in [3.8, 4) is 0 Å². The second-order valence-corrected chi connectivity index (χ2v) is 6.64. The molecule has 21 heavy (non-hydrogen) atoms. The molecule has 0 spiro atoms. The predicted molar refractivity (Wildman–Crippen MR) is 83.3 cm³/mol. The van der Waals surface area contributed by atoms with Crippen LogP contribution in [0.15, 0.2) is 24.3 Å². The van der Waals surface area contributed by atoms with Crippen LogP contribution in [0.1, 0.15) is 55.6 Å². The SMILES string of the molecule is O=C(O)C1CCCN(Cc2ccc(C3CCCC3)cc2)C1. The molecule has 1 aliphatic heterocycles. The van der Waals surface area contributed by atoms with Gasteiger partial charge in [0.1, 0.15) is 0 Å². The lowest BCUT2D eigenvalue weighted by molar-refractivity contribution is -0.143. The molecule has 1 aliphatic carbocycles. The van der Waals surface area contributed by atoms with E-state index in [1.165, 1.54) is 36.8 Å². The number of rotatable bonds is 4. The molecular formula is C18H25NO2. The summed E-state index contributed by atoms with van der Waals surface area (Å²) in [6, 6.07) is 9.03. The highest BCUT2D eigenvalue weighted by molar-refractivity contribution is 5.70. The Morgan fingerprint density at radius 2 is 1.81 bits per heavy atom. The Hall–Kier alpha value is -1.35. The molecular weight excluding hydrogens is 262 g/mol.